The molecule has 14 heavy (non-hydrogen) atoms. The van der Waals surface area contributed by atoms with E-state index in [4.69, 9.17) is 5.73 Å². The Morgan fingerprint density at radius 2 is 2.21 bits per heavy atom. The van der Waals surface area contributed by atoms with Gasteiger partial charge >= 0.3 is 5.69 Å². The zero-order chi connectivity index (χ0) is 10.7. The number of allylic oxidation sites excluding steroid dienone is 1. The predicted molar refractivity (Wildman–Crippen MR) is 55.2 cm³/mol. The van der Waals surface area contributed by atoms with Gasteiger partial charge in [0.2, 0.25) is 0 Å². The first-order valence-electron chi connectivity index (χ1n) is 4.32. The van der Waals surface area contributed by atoms with Gasteiger partial charge in [0.15, 0.2) is 0 Å². The second-order valence-corrected chi connectivity index (χ2v) is 2.86. The maximum Gasteiger partial charge on any atom is 0.331 e. The third-order valence-corrected chi connectivity index (χ3v) is 1.92. The van der Waals surface area contributed by atoms with E-state index in [0.29, 0.717) is 6.54 Å². The van der Waals surface area contributed by atoms with Gasteiger partial charge in [0, 0.05) is 19.3 Å². The Morgan fingerprint density at radius 3 is 2.71 bits per heavy atom. The number of aryl methyl sites for hydroxylation is 1. The van der Waals surface area contributed by atoms with E-state index in [0.717, 1.165) is 4.57 Å². The van der Waals surface area contributed by atoms with Crippen molar-refractivity contribution in [2.45, 2.75) is 20.0 Å². The normalized spacial score (nSPS) is 10.1. The van der Waals surface area contributed by atoms with Crippen LogP contribution >= 0.6 is 0 Å². The zero-order valence-electron chi connectivity index (χ0n) is 8.06. The average Bonchev–Trinajstić information content (AvgIpc) is 2.18. The molecule has 0 fully saturated rings. The van der Waals surface area contributed by atoms with Gasteiger partial charge in [0.05, 0.1) is 0 Å². The van der Waals surface area contributed by atoms with Crippen molar-refractivity contribution in [3.8, 4) is 0 Å². The standard InChI is InChI=1S/C9H13N3O2/c1-3-5-12-8(13)7(10)6-11(4-2)9(12)14/h3,6H,1,4-5,10H2,2H3. The van der Waals surface area contributed by atoms with Crippen molar-refractivity contribution in [1.82, 2.24) is 9.13 Å². The van der Waals surface area contributed by atoms with Crippen LogP contribution in [0.15, 0.2) is 28.4 Å². The molecule has 0 atom stereocenters. The molecule has 76 valence electrons. The summed E-state index contributed by atoms with van der Waals surface area (Å²) in [6.07, 6.45) is 2.85. The monoisotopic (exact) mass is 195 g/mol. The van der Waals surface area contributed by atoms with E-state index in [1.165, 1.54) is 16.8 Å². The highest BCUT2D eigenvalue weighted by Crippen LogP contribution is 1.89. The van der Waals surface area contributed by atoms with E-state index >= 15 is 0 Å². The summed E-state index contributed by atoms with van der Waals surface area (Å²) in [5.74, 6) is 0. The molecule has 0 saturated heterocycles. The van der Waals surface area contributed by atoms with Gasteiger partial charge in [0.1, 0.15) is 5.69 Å². The highest BCUT2D eigenvalue weighted by Gasteiger charge is 2.06. The maximum atomic E-state index is 11.6. The Hall–Kier alpha value is -1.78. The number of nitrogens with zero attached hydrogens (tertiary/aromatic N) is 2. The van der Waals surface area contributed by atoms with Crippen molar-refractivity contribution in [2.75, 3.05) is 5.73 Å². The lowest BCUT2D eigenvalue weighted by atomic mass is 10.5. The lowest BCUT2D eigenvalue weighted by Gasteiger charge is -2.07. The fourth-order valence-corrected chi connectivity index (χ4v) is 1.19. The maximum absolute atomic E-state index is 11.6. The first-order chi connectivity index (χ1) is 6.61. The van der Waals surface area contributed by atoms with E-state index in [1.54, 1.807) is 0 Å². The fraction of sp³-hybridized carbons (Fsp3) is 0.333. The molecule has 1 aromatic heterocycles. The molecule has 1 aromatic rings. The van der Waals surface area contributed by atoms with Crippen LogP contribution in [0.25, 0.3) is 0 Å². The van der Waals surface area contributed by atoms with Crippen LogP contribution in [-0.2, 0) is 13.1 Å². The quantitative estimate of drug-likeness (QED) is 0.679. The number of aromatic nitrogens is 2. The summed E-state index contributed by atoms with van der Waals surface area (Å²) in [5, 5.41) is 0. The largest absolute Gasteiger partial charge is 0.393 e. The van der Waals surface area contributed by atoms with Crippen LogP contribution in [0.3, 0.4) is 0 Å². The zero-order valence-corrected chi connectivity index (χ0v) is 8.06. The van der Waals surface area contributed by atoms with E-state index < -0.39 is 5.56 Å². The molecule has 1 heterocycles. The number of nitrogens with two attached hydrogens (primary N) is 1. The van der Waals surface area contributed by atoms with E-state index in [9.17, 15) is 9.59 Å². The molecule has 2 N–H and O–H groups in total. The Morgan fingerprint density at radius 1 is 1.57 bits per heavy atom. The second kappa shape index (κ2) is 3.95. The lowest BCUT2D eigenvalue weighted by Crippen LogP contribution is -2.40. The van der Waals surface area contributed by atoms with Crippen LogP contribution in [-0.4, -0.2) is 9.13 Å². The van der Waals surface area contributed by atoms with Crippen LogP contribution in [0.4, 0.5) is 5.69 Å². The Balaban J connectivity index is 3.53. The van der Waals surface area contributed by atoms with Gasteiger partial charge in [-0.15, -0.1) is 6.58 Å². The highest BCUT2D eigenvalue weighted by molar-refractivity contribution is 5.31. The van der Waals surface area contributed by atoms with E-state index in [1.807, 2.05) is 6.92 Å². The van der Waals surface area contributed by atoms with Gasteiger partial charge in [-0.25, -0.2) is 4.79 Å². The average molecular weight is 195 g/mol. The smallest absolute Gasteiger partial charge is 0.331 e. The molecular formula is C9H13N3O2. The predicted octanol–water partition coefficient (Wildman–Crippen LogP) is -0.202. The fourth-order valence-electron chi connectivity index (χ4n) is 1.19. The minimum Gasteiger partial charge on any atom is -0.393 e. The summed E-state index contributed by atoms with van der Waals surface area (Å²) in [6.45, 7) is 5.95. The molecule has 0 amide bonds. The highest BCUT2D eigenvalue weighted by atomic mass is 16.2. The molecule has 0 unspecified atom stereocenters. The van der Waals surface area contributed by atoms with Crippen LogP contribution in [0.5, 0.6) is 0 Å². The number of hydrogen-bond acceptors (Lipinski definition) is 3. The molecule has 0 saturated carbocycles. The van der Waals surface area contributed by atoms with Gasteiger partial charge in [-0.3, -0.25) is 13.9 Å². The summed E-state index contributed by atoms with van der Waals surface area (Å²) >= 11 is 0. The van der Waals surface area contributed by atoms with Crippen LogP contribution in [0.2, 0.25) is 0 Å². The molecule has 5 heteroatoms. The Bertz CT molecular complexity index is 456. The molecule has 0 aliphatic heterocycles. The summed E-state index contributed by atoms with van der Waals surface area (Å²) in [5.41, 5.74) is 4.73. The topological polar surface area (TPSA) is 70.0 Å². The molecule has 5 nitrogen and oxygen atoms in total. The second-order valence-electron chi connectivity index (χ2n) is 2.86. The SMILES string of the molecule is C=CCn1c(=O)c(N)cn(CC)c1=O. The van der Waals surface area contributed by atoms with Crippen molar-refractivity contribution < 1.29 is 0 Å². The van der Waals surface area contributed by atoms with Crippen molar-refractivity contribution in [2.24, 2.45) is 0 Å². The van der Waals surface area contributed by atoms with Crippen LogP contribution in [0.1, 0.15) is 6.92 Å². The number of rotatable bonds is 3. The van der Waals surface area contributed by atoms with Crippen LogP contribution in [0, 0.1) is 0 Å². The molecule has 0 aliphatic carbocycles. The van der Waals surface area contributed by atoms with Crippen molar-refractivity contribution in [1.29, 1.82) is 0 Å². The van der Waals surface area contributed by atoms with Crippen molar-refractivity contribution in [3.05, 3.63) is 39.7 Å². The number of anilines is 1. The van der Waals surface area contributed by atoms with Gasteiger partial charge in [-0.2, -0.15) is 0 Å². The minimum absolute atomic E-state index is 0.0771. The molecule has 0 aromatic carbocycles. The number of hydrogen-bond donors (Lipinski definition) is 1. The molecular weight excluding hydrogens is 182 g/mol. The first-order valence-corrected chi connectivity index (χ1v) is 4.32. The van der Waals surface area contributed by atoms with Crippen LogP contribution < -0.4 is 17.0 Å². The molecule has 0 aliphatic rings. The molecule has 0 bridgehead atoms. The van der Waals surface area contributed by atoms with Gasteiger partial charge in [0.25, 0.3) is 5.56 Å². The van der Waals surface area contributed by atoms with Crippen molar-refractivity contribution >= 4 is 5.69 Å². The summed E-state index contributed by atoms with van der Waals surface area (Å²) in [4.78, 5) is 23.0. The number of nitrogen functional groups attached to an aromatic ring is 1. The van der Waals surface area contributed by atoms with E-state index in [-0.39, 0.29) is 17.9 Å². The summed E-state index contributed by atoms with van der Waals surface area (Å²) < 4.78 is 2.45. The lowest BCUT2D eigenvalue weighted by molar-refractivity contribution is 0.609. The molecule has 0 spiro atoms. The van der Waals surface area contributed by atoms with Gasteiger partial charge < -0.3 is 5.73 Å². The summed E-state index contributed by atoms with van der Waals surface area (Å²) in [7, 11) is 0. The Kier molecular flexibility index (Phi) is 2.91. The van der Waals surface area contributed by atoms with Gasteiger partial charge in [-0.05, 0) is 6.92 Å². The molecule has 0 radical (unpaired) electrons. The molecule has 1 rings (SSSR count). The third-order valence-electron chi connectivity index (χ3n) is 1.92. The minimum atomic E-state index is -0.459. The third kappa shape index (κ3) is 1.61. The van der Waals surface area contributed by atoms with E-state index in [2.05, 4.69) is 6.58 Å². The van der Waals surface area contributed by atoms with Crippen molar-refractivity contribution in [3.63, 3.8) is 0 Å². The first kappa shape index (κ1) is 10.3. The van der Waals surface area contributed by atoms with Gasteiger partial charge in [-0.1, -0.05) is 6.08 Å². The Labute approximate surface area is 81.1 Å². The summed E-state index contributed by atoms with van der Waals surface area (Å²) in [6, 6.07) is 0.